The molecule has 104 valence electrons. The number of unbranched alkanes of at least 4 members (excludes halogenated alkanes) is 1. The normalized spacial score (nSPS) is 22.6. The molecule has 0 radical (unpaired) electrons. The van der Waals surface area contributed by atoms with E-state index in [0.29, 0.717) is 0 Å². The molecule has 2 saturated heterocycles. The zero-order valence-corrected chi connectivity index (χ0v) is 11.7. The maximum Gasteiger partial charge on any atom is 0.219 e. The maximum absolute atomic E-state index is 11.2. The number of hydrogen-bond donors (Lipinski definition) is 0. The smallest absolute Gasteiger partial charge is 0.219 e. The lowest BCUT2D eigenvalue weighted by molar-refractivity contribution is -0.130. The third-order valence-electron chi connectivity index (χ3n) is 4.21. The van der Waals surface area contributed by atoms with Gasteiger partial charge in [0.15, 0.2) is 0 Å². The van der Waals surface area contributed by atoms with Crippen LogP contribution < -0.4 is 0 Å². The molecule has 2 aliphatic rings. The lowest BCUT2D eigenvalue weighted by Crippen LogP contribution is -2.48. The first kappa shape index (κ1) is 13.8. The van der Waals surface area contributed by atoms with Gasteiger partial charge < -0.3 is 9.80 Å². The summed E-state index contributed by atoms with van der Waals surface area (Å²) in [7, 11) is 0. The summed E-state index contributed by atoms with van der Waals surface area (Å²) >= 11 is 0. The fourth-order valence-corrected chi connectivity index (χ4v) is 2.96. The Morgan fingerprint density at radius 3 is 1.83 bits per heavy atom. The number of rotatable bonds is 5. The van der Waals surface area contributed by atoms with Gasteiger partial charge in [0.2, 0.25) is 5.91 Å². The number of amides is 1. The van der Waals surface area contributed by atoms with Crippen LogP contribution in [0.2, 0.25) is 0 Å². The van der Waals surface area contributed by atoms with E-state index in [1.807, 2.05) is 4.90 Å². The highest BCUT2D eigenvalue weighted by Crippen LogP contribution is 2.09. The predicted octanol–water partition coefficient (Wildman–Crippen LogP) is 1.03. The van der Waals surface area contributed by atoms with Gasteiger partial charge in [-0.1, -0.05) is 0 Å². The molecule has 0 aromatic heterocycles. The van der Waals surface area contributed by atoms with E-state index in [1.165, 1.54) is 51.9 Å². The van der Waals surface area contributed by atoms with Crippen molar-refractivity contribution in [3.63, 3.8) is 0 Å². The summed E-state index contributed by atoms with van der Waals surface area (Å²) in [6.07, 6.45) is 5.42. The summed E-state index contributed by atoms with van der Waals surface area (Å²) in [6.45, 7) is 10.8. The third-order valence-corrected chi connectivity index (χ3v) is 4.21. The molecule has 2 fully saturated rings. The van der Waals surface area contributed by atoms with Gasteiger partial charge in [-0.15, -0.1) is 0 Å². The molecule has 4 nitrogen and oxygen atoms in total. The van der Waals surface area contributed by atoms with Crippen molar-refractivity contribution in [3.05, 3.63) is 0 Å². The molecule has 0 aromatic rings. The van der Waals surface area contributed by atoms with Crippen molar-refractivity contribution in [1.82, 2.24) is 14.7 Å². The van der Waals surface area contributed by atoms with E-state index in [0.717, 1.165) is 26.2 Å². The van der Waals surface area contributed by atoms with Crippen LogP contribution in [0.4, 0.5) is 0 Å². The van der Waals surface area contributed by atoms with Crippen LogP contribution in [0.15, 0.2) is 0 Å². The minimum Gasteiger partial charge on any atom is -0.340 e. The van der Waals surface area contributed by atoms with Crippen LogP contribution in [0, 0.1) is 0 Å². The Balaban J connectivity index is 1.51. The number of likely N-dealkylation sites (tertiary alicyclic amines) is 1. The molecule has 0 bridgehead atoms. The van der Waals surface area contributed by atoms with Crippen LogP contribution in [0.5, 0.6) is 0 Å². The first-order chi connectivity index (χ1) is 8.75. The van der Waals surface area contributed by atoms with E-state index >= 15 is 0 Å². The van der Waals surface area contributed by atoms with Crippen LogP contribution in [0.3, 0.4) is 0 Å². The highest BCUT2D eigenvalue weighted by atomic mass is 16.2. The molecule has 1 amide bonds. The molecule has 4 heteroatoms. The van der Waals surface area contributed by atoms with E-state index < -0.39 is 0 Å². The maximum atomic E-state index is 11.2. The van der Waals surface area contributed by atoms with Gasteiger partial charge >= 0.3 is 0 Å². The minimum atomic E-state index is 0.226. The summed E-state index contributed by atoms with van der Waals surface area (Å²) in [5, 5.41) is 0. The second-order valence-corrected chi connectivity index (χ2v) is 5.60. The highest BCUT2D eigenvalue weighted by molar-refractivity contribution is 5.73. The summed E-state index contributed by atoms with van der Waals surface area (Å²) in [6, 6.07) is 0. The van der Waals surface area contributed by atoms with Crippen LogP contribution in [-0.4, -0.2) is 73.0 Å². The number of nitrogens with zero attached hydrogens (tertiary/aromatic N) is 3. The average molecular weight is 253 g/mol. The Morgan fingerprint density at radius 2 is 1.33 bits per heavy atom. The Morgan fingerprint density at radius 1 is 0.833 bits per heavy atom. The molecule has 2 rings (SSSR count). The van der Waals surface area contributed by atoms with E-state index in [9.17, 15) is 4.79 Å². The monoisotopic (exact) mass is 253 g/mol. The van der Waals surface area contributed by atoms with E-state index in [2.05, 4.69) is 9.80 Å². The zero-order valence-electron chi connectivity index (χ0n) is 11.7. The minimum absolute atomic E-state index is 0.226. The van der Waals surface area contributed by atoms with Crippen molar-refractivity contribution in [2.75, 3.05) is 52.4 Å². The van der Waals surface area contributed by atoms with E-state index in [4.69, 9.17) is 0 Å². The molecule has 0 aliphatic carbocycles. The predicted molar refractivity (Wildman–Crippen MR) is 73.6 cm³/mol. The number of carbonyl (C=O) groups is 1. The Hall–Kier alpha value is -0.610. The molecule has 0 spiro atoms. The molecule has 2 aliphatic heterocycles. The summed E-state index contributed by atoms with van der Waals surface area (Å²) < 4.78 is 0. The molecule has 0 aromatic carbocycles. The van der Waals surface area contributed by atoms with Gasteiger partial charge in [-0.3, -0.25) is 9.69 Å². The first-order valence-corrected chi connectivity index (χ1v) is 7.46. The van der Waals surface area contributed by atoms with Gasteiger partial charge in [0.1, 0.15) is 0 Å². The van der Waals surface area contributed by atoms with Crippen molar-refractivity contribution < 1.29 is 4.79 Å². The Kier molecular flexibility index (Phi) is 5.45. The van der Waals surface area contributed by atoms with Gasteiger partial charge in [0, 0.05) is 33.1 Å². The largest absolute Gasteiger partial charge is 0.340 e. The lowest BCUT2D eigenvalue weighted by Gasteiger charge is -2.34. The average Bonchev–Trinajstić information content (AvgIpc) is 2.88. The van der Waals surface area contributed by atoms with Crippen LogP contribution >= 0.6 is 0 Å². The topological polar surface area (TPSA) is 26.8 Å². The molecular weight excluding hydrogens is 226 g/mol. The SMILES string of the molecule is CC(=O)N1CCN(CCCCN2CCCC2)CC1. The molecule has 0 unspecified atom stereocenters. The number of carbonyl (C=O) groups excluding carboxylic acids is 1. The van der Waals surface area contributed by atoms with Gasteiger partial charge in [-0.2, -0.15) is 0 Å². The standard InChI is InChI=1S/C14H27N3O/c1-14(18)17-12-10-16(11-13-17)9-5-4-8-15-6-2-3-7-15/h2-13H2,1H3. The van der Waals surface area contributed by atoms with Crippen molar-refractivity contribution in [1.29, 1.82) is 0 Å². The molecule has 2 heterocycles. The lowest BCUT2D eigenvalue weighted by atomic mass is 10.2. The fourth-order valence-electron chi connectivity index (χ4n) is 2.96. The highest BCUT2D eigenvalue weighted by Gasteiger charge is 2.18. The molecular formula is C14H27N3O. The number of piperazine rings is 1. The zero-order chi connectivity index (χ0) is 12.8. The second kappa shape index (κ2) is 7.10. The van der Waals surface area contributed by atoms with Crippen molar-refractivity contribution >= 4 is 5.91 Å². The first-order valence-electron chi connectivity index (χ1n) is 7.46. The summed E-state index contributed by atoms with van der Waals surface area (Å²) in [4.78, 5) is 18.3. The third kappa shape index (κ3) is 4.25. The molecule has 18 heavy (non-hydrogen) atoms. The summed E-state index contributed by atoms with van der Waals surface area (Å²) in [5.74, 6) is 0.226. The van der Waals surface area contributed by atoms with Crippen LogP contribution in [0.25, 0.3) is 0 Å². The van der Waals surface area contributed by atoms with Gasteiger partial charge in [-0.25, -0.2) is 0 Å². The number of hydrogen-bond acceptors (Lipinski definition) is 3. The summed E-state index contributed by atoms with van der Waals surface area (Å²) in [5.41, 5.74) is 0. The Labute approximate surface area is 111 Å². The Bertz CT molecular complexity index is 256. The van der Waals surface area contributed by atoms with Gasteiger partial charge in [-0.05, 0) is 51.9 Å². The quantitative estimate of drug-likeness (QED) is 0.685. The van der Waals surface area contributed by atoms with E-state index in [-0.39, 0.29) is 5.91 Å². The van der Waals surface area contributed by atoms with Crippen molar-refractivity contribution in [2.45, 2.75) is 32.6 Å². The second-order valence-electron chi connectivity index (χ2n) is 5.60. The fraction of sp³-hybridized carbons (Fsp3) is 0.929. The van der Waals surface area contributed by atoms with E-state index in [1.54, 1.807) is 6.92 Å². The molecule has 0 N–H and O–H groups in total. The van der Waals surface area contributed by atoms with Gasteiger partial charge in [0.05, 0.1) is 0 Å². The van der Waals surface area contributed by atoms with Crippen molar-refractivity contribution in [2.24, 2.45) is 0 Å². The van der Waals surface area contributed by atoms with Crippen molar-refractivity contribution in [3.8, 4) is 0 Å². The van der Waals surface area contributed by atoms with Crippen LogP contribution in [-0.2, 0) is 4.79 Å². The molecule has 0 atom stereocenters. The van der Waals surface area contributed by atoms with Crippen LogP contribution in [0.1, 0.15) is 32.6 Å². The van der Waals surface area contributed by atoms with Gasteiger partial charge in [0.25, 0.3) is 0 Å². The molecule has 0 saturated carbocycles.